The highest BCUT2D eigenvalue weighted by atomic mass is 35.5. The van der Waals surface area contributed by atoms with E-state index < -0.39 is 59.2 Å². The second kappa shape index (κ2) is 21.2. The summed E-state index contributed by atoms with van der Waals surface area (Å²) in [6.45, 7) is 7.11. The van der Waals surface area contributed by atoms with Crippen molar-refractivity contribution in [1.82, 2.24) is 15.5 Å². The molecule has 0 spiro atoms. The Kier molecular flexibility index (Phi) is 16.1. The number of carboxylic acids is 1. The molecular weight excluding hydrogens is 826 g/mol. The van der Waals surface area contributed by atoms with Gasteiger partial charge in [-0.25, -0.2) is 9.59 Å². The number of fused-ring (bicyclic) bond motifs is 5. The lowest BCUT2D eigenvalue weighted by atomic mass is 9.88. The number of carbonyl (C=O) groups excluding carboxylic acids is 5. The fourth-order valence-electron chi connectivity index (χ4n) is 7.66. The Hall–Kier alpha value is -6.21. The highest BCUT2D eigenvalue weighted by Gasteiger charge is 2.36. The van der Waals surface area contributed by atoms with Crippen LogP contribution in [0.4, 0.5) is 4.79 Å². The van der Waals surface area contributed by atoms with Crippen LogP contribution in [0.25, 0.3) is 22.3 Å². The third kappa shape index (κ3) is 12.7. The largest absolute Gasteiger partial charge is 0.496 e. The zero-order chi connectivity index (χ0) is 46.0. The van der Waals surface area contributed by atoms with E-state index in [-0.39, 0.29) is 38.0 Å². The molecule has 4 bridgehead atoms. The molecule has 0 aliphatic carbocycles. The van der Waals surface area contributed by atoms with Crippen LogP contribution in [-0.2, 0) is 30.3 Å². The molecule has 4 aromatic carbocycles. The number of methoxy groups -OCH3 is 2. The smallest absolute Gasteiger partial charge is 0.407 e. The summed E-state index contributed by atoms with van der Waals surface area (Å²) in [5.41, 5.74) is 3.63. The first kappa shape index (κ1) is 47.8. The molecule has 1 aliphatic heterocycles. The molecule has 1 heterocycles. The number of nitrogens with one attached hydrogen (secondary N) is 2. The van der Waals surface area contributed by atoms with Crippen LogP contribution in [0.2, 0.25) is 5.02 Å². The summed E-state index contributed by atoms with van der Waals surface area (Å²) in [7, 11) is 4.50. The van der Waals surface area contributed by atoms with E-state index >= 15 is 0 Å². The molecule has 0 unspecified atom stereocenters. The van der Waals surface area contributed by atoms with Gasteiger partial charge in [-0.15, -0.1) is 0 Å². The number of likely N-dealkylation sites (N-methyl/N-ethyl adjacent to an activating group) is 1. The fourth-order valence-corrected chi connectivity index (χ4v) is 7.79. The van der Waals surface area contributed by atoms with Crippen molar-refractivity contribution in [2.45, 2.75) is 83.9 Å². The van der Waals surface area contributed by atoms with Gasteiger partial charge in [-0.2, -0.15) is 0 Å². The van der Waals surface area contributed by atoms with Gasteiger partial charge in [0.15, 0.2) is 11.6 Å². The summed E-state index contributed by atoms with van der Waals surface area (Å²) < 4.78 is 16.8. The van der Waals surface area contributed by atoms with Gasteiger partial charge in [0, 0.05) is 66.4 Å². The molecule has 0 fully saturated rings. The number of halogens is 1. The van der Waals surface area contributed by atoms with Crippen molar-refractivity contribution in [1.29, 1.82) is 0 Å². The predicted molar refractivity (Wildman–Crippen MR) is 240 cm³/mol. The molecular formula is C49H56ClN3O10. The Morgan fingerprint density at radius 2 is 1.46 bits per heavy atom. The van der Waals surface area contributed by atoms with E-state index in [1.807, 2.05) is 24.3 Å². The summed E-state index contributed by atoms with van der Waals surface area (Å²) in [5, 5.41) is 16.0. The first-order valence-electron chi connectivity index (χ1n) is 20.9. The van der Waals surface area contributed by atoms with Gasteiger partial charge in [-0.1, -0.05) is 73.5 Å². The number of carbonyl (C=O) groups is 6. The molecule has 63 heavy (non-hydrogen) atoms. The van der Waals surface area contributed by atoms with Crippen LogP contribution >= 0.6 is 11.6 Å². The minimum atomic E-state index is -1.29. The number of ether oxygens (including phenoxy) is 3. The van der Waals surface area contributed by atoms with Gasteiger partial charge in [-0.3, -0.25) is 19.2 Å². The Balaban J connectivity index is 1.51. The monoisotopic (exact) mass is 881 g/mol. The number of hydrogen-bond acceptors (Lipinski definition) is 9. The van der Waals surface area contributed by atoms with Crippen LogP contribution in [0, 0.1) is 11.8 Å². The molecule has 0 saturated carbocycles. The minimum Gasteiger partial charge on any atom is -0.496 e. The van der Waals surface area contributed by atoms with Gasteiger partial charge in [0.1, 0.15) is 29.2 Å². The lowest BCUT2D eigenvalue weighted by Crippen LogP contribution is -2.45. The molecule has 0 saturated heterocycles. The maximum Gasteiger partial charge on any atom is 0.407 e. The molecule has 334 valence electrons. The van der Waals surface area contributed by atoms with E-state index in [1.54, 1.807) is 81.4 Å². The van der Waals surface area contributed by atoms with E-state index in [0.717, 1.165) is 11.1 Å². The molecule has 0 aromatic heterocycles. The molecule has 13 nitrogen and oxygen atoms in total. The molecule has 0 radical (unpaired) electrons. The topological polar surface area (TPSA) is 178 Å². The highest BCUT2D eigenvalue weighted by molar-refractivity contribution is 6.30. The number of nitrogens with zero attached hydrogens (tertiary/aromatic N) is 1. The summed E-state index contributed by atoms with van der Waals surface area (Å²) in [4.78, 5) is 83.0. The summed E-state index contributed by atoms with van der Waals surface area (Å²) >= 11 is 6.08. The van der Waals surface area contributed by atoms with Gasteiger partial charge in [-0.05, 0) is 92.3 Å². The van der Waals surface area contributed by atoms with Crippen LogP contribution < -0.4 is 20.1 Å². The summed E-state index contributed by atoms with van der Waals surface area (Å²) in [5.74, 6) is -4.05. The normalized spacial score (nSPS) is 17.0. The number of alkyl carbamates (subject to hydrolysis) is 1. The molecule has 1 aliphatic rings. The van der Waals surface area contributed by atoms with Gasteiger partial charge in [0.2, 0.25) is 11.8 Å². The SMILES string of the molecule is COc1ccc2cc1-c1cc(ccc1OC)[C@H](N(C)C(=O)[C@H](CCCCNC(=O)OC(C)(C)C)CC(=O)c1ccc(-c3ccc(Cl)cc3)cc1)C(=O)C[C@@H](C)C(=O)N[C@H](C(=O)O)C2. The Morgan fingerprint density at radius 3 is 2.06 bits per heavy atom. The van der Waals surface area contributed by atoms with Crippen LogP contribution in [0.5, 0.6) is 11.5 Å². The van der Waals surface area contributed by atoms with E-state index in [1.165, 1.54) is 33.1 Å². The average molecular weight is 882 g/mol. The summed E-state index contributed by atoms with van der Waals surface area (Å²) in [6.07, 6.45) is 0.0847. The van der Waals surface area contributed by atoms with Gasteiger partial charge < -0.3 is 34.9 Å². The van der Waals surface area contributed by atoms with Crippen LogP contribution in [0.3, 0.4) is 0 Å². The van der Waals surface area contributed by atoms with E-state index in [9.17, 15) is 33.9 Å². The number of ketones is 2. The first-order chi connectivity index (χ1) is 29.9. The Morgan fingerprint density at radius 1 is 0.857 bits per heavy atom. The number of carboxylic acid groups (broad SMARTS) is 1. The molecule has 14 heteroatoms. The number of amides is 3. The Labute approximate surface area is 373 Å². The third-order valence-electron chi connectivity index (χ3n) is 11.0. The number of Topliss-reactive ketones (excluding diaryl/α,β-unsaturated/α-hetero) is 2. The van der Waals surface area contributed by atoms with Gasteiger partial charge in [0.05, 0.1) is 14.2 Å². The van der Waals surface area contributed by atoms with Crippen molar-refractivity contribution >= 4 is 47.0 Å². The zero-order valence-electron chi connectivity index (χ0n) is 36.8. The fraction of sp³-hybridized carbons (Fsp3) is 0.388. The highest BCUT2D eigenvalue weighted by Crippen LogP contribution is 2.40. The van der Waals surface area contributed by atoms with Crippen LogP contribution in [-0.4, -0.2) is 84.9 Å². The number of benzene rings is 4. The van der Waals surface area contributed by atoms with Gasteiger partial charge in [0.25, 0.3) is 0 Å². The maximum absolute atomic E-state index is 14.9. The molecule has 4 aromatic rings. The van der Waals surface area contributed by atoms with E-state index in [4.69, 9.17) is 25.8 Å². The summed E-state index contributed by atoms with van der Waals surface area (Å²) in [6, 6.07) is 22.2. The lowest BCUT2D eigenvalue weighted by molar-refractivity contribution is -0.144. The number of aliphatic carboxylic acids is 1. The quantitative estimate of drug-likeness (QED) is 0.0822. The second-order valence-electron chi connectivity index (χ2n) is 16.9. The minimum absolute atomic E-state index is 0.0374. The number of rotatable bonds is 14. The van der Waals surface area contributed by atoms with Crippen molar-refractivity contribution in [3.63, 3.8) is 0 Å². The van der Waals surface area contributed by atoms with Crippen LogP contribution in [0.15, 0.2) is 84.9 Å². The van der Waals surface area contributed by atoms with Crippen molar-refractivity contribution in [3.05, 3.63) is 107 Å². The molecule has 5 rings (SSSR count). The zero-order valence-corrected chi connectivity index (χ0v) is 37.5. The van der Waals surface area contributed by atoms with Crippen molar-refractivity contribution in [3.8, 4) is 33.8 Å². The maximum atomic E-state index is 14.9. The average Bonchev–Trinajstić information content (AvgIpc) is 3.24. The van der Waals surface area contributed by atoms with Gasteiger partial charge >= 0.3 is 12.1 Å². The molecule has 3 amide bonds. The van der Waals surface area contributed by atoms with Crippen molar-refractivity contribution < 1.29 is 48.1 Å². The number of unbranched alkanes of at least 4 members (excludes halogenated alkanes) is 1. The molecule has 3 N–H and O–H groups in total. The first-order valence-corrected chi connectivity index (χ1v) is 21.3. The third-order valence-corrected chi connectivity index (χ3v) is 11.2. The second-order valence-corrected chi connectivity index (χ2v) is 17.3. The standard InChI is InChI=1S/C49H56ClN3O10/c1-29-24-41(55)44(34-18-22-43(62-7)38(27-34)37-25-30(11-21-42(37)61-6)26-39(47(58)59)52-45(29)56)53(5)46(57)35(10-8-9-23-51-48(60)63-49(2,3)4)28-40(54)33-14-12-31(13-15-33)32-16-19-36(50)20-17-32/h11-22,25,27,29,35,39,44H,8-10,23-24,26,28H2,1-7H3,(H,51,60)(H,52,56)(H,58,59)/t29-,35-,39+,44+/m1/s1. The van der Waals surface area contributed by atoms with E-state index in [0.29, 0.717) is 57.2 Å². The Bertz CT molecular complexity index is 2310. The predicted octanol–water partition coefficient (Wildman–Crippen LogP) is 8.50. The van der Waals surface area contributed by atoms with Crippen molar-refractivity contribution in [2.75, 3.05) is 27.8 Å². The van der Waals surface area contributed by atoms with Crippen LogP contribution in [0.1, 0.15) is 87.3 Å². The lowest BCUT2D eigenvalue weighted by Gasteiger charge is -2.32. The van der Waals surface area contributed by atoms with Crippen molar-refractivity contribution in [2.24, 2.45) is 11.8 Å². The molecule has 4 atom stereocenters. The van der Waals surface area contributed by atoms with E-state index in [2.05, 4.69) is 10.6 Å². The number of hydrogen-bond donors (Lipinski definition) is 3.